The zero-order valence-electron chi connectivity index (χ0n) is 17.6. The van der Waals surface area contributed by atoms with E-state index < -0.39 is 39.9 Å². The first kappa shape index (κ1) is 25.6. The van der Waals surface area contributed by atoms with Crippen molar-refractivity contribution in [1.82, 2.24) is 0 Å². The molecule has 0 radical (unpaired) electrons. The highest BCUT2D eigenvalue weighted by Gasteiger charge is 2.49. The van der Waals surface area contributed by atoms with Crippen LogP contribution in [-0.4, -0.2) is 69.9 Å². The minimum atomic E-state index is -2.79. The van der Waals surface area contributed by atoms with E-state index in [9.17, 15) is 5.11 Å². The lowest BCUT2D eigenvalue weighted by molar-refractivity contribution is 0.00599. The molecular formula is C15H40O6Si4. The third kappa shape index (κ3) is 14.4. The summed E-state index contributed by atoms with van der Waals surface area (Å²) in [5, 5.41) is 18.2. The van der Waals surface area contributed by atoms with Gasteiger partial charge in [0.2, 0.25) is 0 Å². The molecule has 25 heavy (non-hydrogen) atoms. The van der Waals surface area contributed by atoms with Gasteiger partial charge in [0.1, 0.15) is 6.10 Å². The molecule has 0 aliphatic rings. The van der Waals surface area contributed by atoms with E-state index in [2.05, 4.69) is 58.9 Å². The Labute approximate surface area is 158 Å². The predicted molar refractivity (Wildman–Crippen MR) is 112 cm³/mol. The monoisotopic (exact) mass is 428 g/mol. The molecule has 0 fully saturated rings. The molecule has 0 aromatic heterocycles. The Hall–Kier alpha value is 0.628. The number of aliphatic hydroxyl groups is 2. The van der Waals surface area contributed by atoms with Gasteiger partial charge in [-0.05, 0) is 65.3 Å². The van der Waals surface area contributed by atoms with Gasteiger partial charge in [-0.2, -0.15) is 0 Å². The van der Waals surface area contributed by atoms with Crippen molar-refractivity contribution in [2.75, 3.05) is 19.8 Å². The summed E-state index contributed by atoms with van der Waals surface area (Å²) >= 11 is 0. The summed E-state index contributed by atoms with van der Waals surface area (Å²) in [5.74, 6) is 0. The largest absolute Gasteiger partial charge is 0.469 e. The van der Waals surface area contributed by atoms with Crippen LogP contribution < -0.4 is 0 Å². The molecule has 1 unspecified atom stereocenters. The minimum Gasteiger partial charge on any atom is -0.417 e. The normalized spacial score (nSPS) is 15.5. The molecule has 6 nitrogen and oxygen atoms in total. The molecule has 0 heterocycles. The molecule has 0 spiro atoms. The summed E-state index contributed by atoms with van der Waals surface area (Å²) in [7, 11) is -8.32. The minimum absolute atomic E-state index is 0.143. The summed E-state index contributed by atoms with van der Waals surface area (Å²) in [6.45, 7) is 19.9. The molecule has 0 saturated heterocycles. The van der Waals surface area contributed by atoms with Crippen LogP contribution in [0.3, 0.4) is 0 Å². The van der Waals surface area contributed by atoms with Crippen LogP contribution in [0.5, 0.6) is 0 Å². The van der Waals surface area contributed by atoms with Crippen LogP contribution in [0.4, 0.5) is 0 Å². The molecule has 0 amide bonds. The lowest BCUT2D eigenvalue weighted by atomic mass is 10.4. The standard InChI is InChI=1S/C15H40O6Si4/c1-22(2,3)19-25(20-23(4,5)6,21-24(7,8)9)12-10-11-18-14-15(17)13-16/h15-17H,10-14H2,1-9H3. The van der Waals surface area contributed by atoms with E-state index in [1.807, 2.05) is 0 Å². The highest BCUT2D eigenvalue weighted by molar-refractivity contribution is 6.90. The molecule has 10 heteroatoms. The first-order valence-corrected chi connectivity index (χ1v) is 21.2. The first-order valence-electron chi connectivity index (χ1n) is 9.05. The van der Waals surface area contributed by atoms with E-state index in [-0.39, 0.29) is 13.2 Å². The second-order valence-corrected chi connectivity index (χ2v) is 26.3. The Morgan fingerprint density at radius 3 is 1.48 bits per heavy atom. The van der Waals surface area contributed by atoms with Crippen LogP contribution in [0.15, 0.2) is 0 Å². The van der Waals surface area contributed by atoms with Crippen molar-refractivity contribution in [3.05, 3.63) is 0 Å². The van der Waals surface area contributed by atoms with Crippen molar-refractivity contribution in [3.8, 4) is 0 Å². The van der Waals surface area contributed by atoms with E-state index in [4.69, 9.17) is 22.2 Å². The molecular weight excluding hydrogens is 389 g/mol. The molecule has 0 aromatic carbocycles. The number of hydrogen-bond acceptors (Lipinski definition) is 6. The van der Waals surface area contributed by atoms with E-state index >= 15 is 0 Å². The third-order valence-electron chi connectivity index (χ3n) is 2.68. The van der Waals surface area contributed by atoms with E-state index in [0.29, 0.717) is 6.61 Å². The predicted octanol–water partition coefficient (Wildman–Crippen LogP) is 3.24. The fraction of sp³-hybridized carbons (Fsp3) is 1.00. The van der Waals surface area contributed by atoms with Crippen molar-refractivity contribution < 1.29 is 27.3 Å². The van der Waals surface area contributed by atoms with Gasteiger partial charge >= 0.3 is 8.80 Å². The van der Waals surface area contributed by atoms with E-state index in [0.717, 1.165) is 12.5 Å². The molecule has 0 bridgehead atoms. The SMILES string of the molecule is C[Si](C)(C)O[Si](CCCOCC(O)CO)(O[Si](C)(C)C)O[Si](C)(C)C. The van der Waals surface area contributed by atoms with Crippen molar-refractivity contribution in [3.63, 3.8) is 0 Å². The lowest BCUT2D eigenvalue weighted by Gasteiger charge is -2.42. The quantitative estimate of drug-likeness (QED) is 0.346. The van der Waals surface area contributed by atoms with Gasteiger partial charge in [0.15, 0.2) is 25.0 Å². The van der Waals surface area contributed by atoms with Gasteiger partial charge in [0, 0.05) is 12.7 Å². The first-order chi connectivity index (χ1) is 11.1. The van der Waals surface area contributed by atoms with Gasteiger partial charge in [-0.1, -0.05) is 0 Å². The summed E-state index contributed by atoms with van der Waals surface area (Å²) in [6, 6.07) is 0.723. The van der Waals surface area contributed by atoms with Crippen molar-refractivity contribution in [2.24, 2.45) is 0 Å². The molecule has 1 atom stereocenters. The molecule has 0 aromatic rings. The smallest absolute Gasteiger partial charge is 0.417 e. The second kappa shape index (κ2) is 10.2. The molecule has 0 rings (SSSR count). The van der Waals surface area contributed by atoms with Crippen LogP contribution in [0, 0.1) is 0 Å². The summed E-state index contributed by atoms with van der Waals surface area (Å²) < 4.78 is 25.2. The van der Waals surface area contributed by atoms with Gasteiger partial charge in [-0.15, -0.1) is 0 Å². The molecule has 2 N–H and O–H groups in total. The Balaban J connectivity index is 5.11. The zero-order valence-corrected chi connectivity index (χ0v) is 21.6. The van der Waals surface area contributed by atoms with Crippen LogP contribution in [-0.2, 0) is 17.1 Å². The van der Waals surface area contributed by atoms with Crippen LogP contribution in [0.25, 0.3) is 0 Å². The fourth-order valence-electron chi connectivity index (χ4n) is 2.28. The zero-order chi connectivity index (χ0) is 19.9. The van der Waals surface area contributed by atoms with Crippen LogP contribution in [0.2, 0.25) is 65.0 Å². The average Bonchev–Trinajstić information content (AvgIpc) is 2.31. The Kier molecular flexibility index (Phi) is 10.5. The Morgan fingerprint density at radius 1 is 0.760 bits per heavy atom. The summed E-state index contributed by atoms with van der Waals surface area (Å²) in [6.07, 6.45) is -0.0687. The molecule has 0 saturated carbocycles. The molecule has 152 valence electrons. The number of aliphatic hydroxyl groups excluding tert-OH is 2. The number of rotatable bonds is 13. The number of hydrogen-bond donors (Lipinski definition) is 2. The topological polar surface area (TPSA) is 77.4 Å². The van der Waals surface area contributed by atoms with Crippen molar-refractivity contribution >= 4 is 33.8 Å². The summed E-state index contributed by atoms with van der Waals surface area (Å²) in [5.41, 5.74) is 0. The maximum atomic E-state index is 9.35. The average molecular weight is 429 g/mol. The van der Waals surface area contributed by atoms with Gasteiger partial charge < -0.3 is 27.3 Å². The summed E-state index contributed by atoms with van der Waals surface area (Å²) in [4.78, 5) is 0. The van der Waals surface area contributed by atoms with Crippen LogP contribution >= 0.6 is 0 Å². The highest BCUT2D eigenvalue weighted by atomic mass is 28.5. The van der Waals surface area contributed by atoms with Crippen molar-refractivity contribution in [2.45, 2.75) is 77.5 Å². The maximum Gasteiger partial charge on any atom is 0.469 e. The van der Waals surface area contributed by atoms with Crippen molar-refractivity contribution in [1.29, 1.82) is 0 Å². The third-order valence-corrected chi connectivity index (χ3v) is 14.7. The van der Waals surface area contributed by atoms with Gasteiger partial charge in [-0.3, -0.25) is 0 Å². The molecule has 0 aliphatic heterocycles. The van der Waals surface area contributed by atoms with Gasteiger partial charge in [0.25, 0.3) is 0 Å². The Bertz CT molecular complexity index is 335. The second-order valence-electron chi connectivity index (χ2n) is 9.34. The van der Waals surface area contributed by atoms with Gasteiger partial charge in [0.05, 0.1) is 13.2 Å². The van der Waals surface area contributed by atoms with E-state index in [1.165, 1.54) is 0 Å². The maximum absolute atomic E-state index is 9.35. The number of ether oxygens (including phenoxy) is 1. The van der Waals surface area contributed by atoms with E-state index in [1.54, 1.807) is 0 Å². The Morgan fingerprint density at radius 2 is 1.16 bits per heavy atom. The van der Waals surface area contributed by atoms with Gasteiger partial charge in [-0.25, -0.2) is 0 Å². The highest BCUT2D eigenvalue weighted by Crippen LogP contribution is 2.29. The lowest BCUT2D eigenvalue weighted by Crippen LogP contribution is -2.60. The molecule has 0 aliphatic carbocycles. The van der Waals surface area contributed by atoms with Crippen LogP contribution in [0.1, 0.15) is 6.42 Å². The fourth-order valence-corrected chi connectivity index (χ4v) is 16.9.